The molecule has 0 saturated heterocycles. The van der Waals surface area contributed by atoms with Crippen molar-refractivity contribution in [3.63, 3.8) is 0 Å². The molecule has 68 valence electrons. The molecule has 0 heterocycles. The van der Waals surface area contributed by atoms with Crippen LogP contribution in [0.15, 0.2) is 0 Å². The van der Waals surface area contributed by atoms with E-state index in [1.165, 1.54) is 0 Å². The molecule has 0 aliphatic heterocycles. The zero-order valence-corrected chi connectivity index (χ0v) is 10.9. The van der Waals surface area contributed by atoms with Gasteiger partial charge in [-0.1, -0.05) is 0 Å². The lowest BCUT2D eigenvalue weighted by Crippen LogP contribution is -2.49. The van der Waals surface area contributed by atoms with E-state index in [1.807, 2.05) is 0 Å². The maximum absolute atomic E-state index is 9.11. The summed E-state index contributed by atoms with van der Waals surface area (Å²) in [6.07, 6.45) is 0. The lowest BCUT2D eigenvalue weighted by molar-refractivity contribution is 0.132. The van der Waals surface area contributed by atoms with Crippen molar-refractivity contribution in [2.45, 2.75) is 0 Å². The van der Waals surface area contributed by atoms with Crippen LogP contribution in [0.4, 0.5) is 0 Å². The summed E-state index contributed by atoms with van der Waals surface area (Å²) in [6, 6.07) is 0. The van der Waals surface area contributed by atoms with Crippen LogP contribution in [-0.4, -0.2) is 58.3 Å². The van der Waals surface area contributed by atoms with Gasteiger partial charge < -0.3 is 31.5 Å². The quantitative estimate of drug-likeness (QED) is 0.339. The molecular weight excluding hydrogens is 224 g/mol. The monoisotopic (exact) mass is 234 g/mol. The minimum Gasteiger partial charge on any atom is -0.416 e. The summed E-state index contributed by atoms with van der Waals surface area (Å²) in [6.45, 7) is 0. The SMILES string of the molecule is O[SiH2]O[Si](O)(O[SiH2]O)O[SiH2]O. The van der Waals surface area contributed by atoms with E-state index in [-0.39, 0.29) is 0 Å². The number of hydrogen-bond acceptors (Lipinski definition) is 7. The smallest absolute Gasteiger partial charge is 0.416 e. The van der Waals surface area contributed by atoms with Crippen LogP contribution in [-0.2, 0) is 12.3 Å². The molecule has 0 bridgehead atoms. The second-order valence-corrected chi connectivity index (χ2v) is 6.63. The van der Waals surface area contributed by atoms with Gasteiger partial charge in [-0.3, -0.25) is 0 Å². The van der Waals surface area contributed by atoms with Crippen molar-refractivity contribution in [3.05, 3.63) is 0 Å². The lowest BCUT2D eigenvalue weighted by Gasteiger charge is -2.20. The standard InChI is InChI=1S/H10O7Si4/c1-8-5-11(4,6-9-2)7-10-3/h1-4H,8-10H2. The van der Waals surface area contributed by atoms with Gasteiger partial charge in [0, 0.05) is 0 Å². The van der Waals surface area contributed by atoms with Crippen LogP contribution in [0.25, 0.3) is 0 Å². The first kappa shape index (κ1) is 11.6. The summed E-state index contributed by atoms with van der Waals surface area (Å²) in [5.41, 5.74) is 0. The van der Waals surface area contributed by atoms with Gasteiger partial charge in [-0.25, -0.2) is 0 Å². The second kappa shape index (κ2) is 6.14. The molecule has 0 aliphatic rings. The topological polar surface area (TPSA) is 109 Å². The van der Waals surface area contributed by atoms with E-state index in [1.54, 1.807) is 0 Å². The summed E-state index contributed by atoms with van der Waals surface area (Å²) in [4.78, 5) is 34.2. The highest BCUT2D eigenvalue weighted by molar-refractivity contribution is 6.65. The van der Waals surface area contributed by atoms with E-state index in [4.69, 9.17) is 19.2 Å². The fourth-order valence-electron chi connectivity index (χ4n) is 0.370. The van der Waals surface area contributed by atoms with Crippen molar-refractivity contribution in [2.75, 3.05) is 0 Å². The van der Waals surface area contributed by atoms with E-state index < -0.39 is 39.1 Å². The van der Waals surface area contributed by atoms with Crippen LogP contribution in [0, 0.1) is 0 Å². The van der Waals surface area contributed by atoms with Crippen molar-refractivity contribution >= 4 is 39.1 Å². The molecule has 0 fully saturated rings. The maximum Gasteiger partial charge on any atom is 0.648 e. The molecule has 0 saturated carbocycles. The van der Waals surface area contributed by atoms with Gasteiger partial charge in [0.15, 0.2) is 0 Å². The molecular formula is H10O7Si4. The van der Waals surface area contributed by atoms with E-state index >= 15 is 0 Å². The van der Waals surface area contributed by atoms with Crippen LogP contribution >= 0.6 is 0 Å². The Morgan fingerprint density at radius 3 is 1.27 bits per heavy atom. The summed E-state index contributed by atoms with van der Waals surface area (Å²) in [7, 11) is -9.35. The highest BCUT2D eigenvalue weighted by Gasteiger charge is 2.39. The fourth-order valence-corrected chi connectivity index (χ4v) is 5.58. The summed E-state index contributed by atoms with van der Waals surface area (Å²) in [5.74, 6) is 0. The van der Waals surface area contributed by atoms with Crippen molar-refractivity contribution in [1.29, 1.82) is 0 Å². The first-order valence-electron chi connectivity index (χ1n) is 2.65. The van der Waals surface area contributed by atoms with Gasteiger partial charge in [-0.05, 0) is 0 Å². The average molecular weight is 234 g/mol. The molecule has 0 amide bonds. The predicted molar refractivity (Wildman–Crippen MR) is 43.5 cm³/mol. The molecule has 0 spiro atoms. The van der Waals surface area contributed by atoms with Crippen LogP contribution in [0.1, 0.15) is 0 Å². The van der Waals surface area contributed by atoms with Gasteiger partial charge in [0.2, 0.25) is 0 Å². The molecule has 11 heteroatoms. The highest BCUT2D eigenvalue weighted by atomic mass is 28.5. The zero-order chi connectivity index (χ0) is 8.74. The molecule has 0 aromatic carbocycles. The summed E-state index contributed by atoms with van der Waals surface area (Å²) < 4.78 is 13.2. The fraction of sp³-hybridized carbons (Fsp3) is 0. The largest absolute Gasteiger partial charge is 0.648 e. The Labute approximate surface area is 71.2 Å². The van der Waals surface area contributed by atoms with Gasteiger partial charge >= 0.3 is 9.05 Å². The lowest BCUT2D eigenvalue weighted by atomic mass is 15.6. The van der Waals surface area contributed by atoms with E-state index in [0.29, 0.717) is 0 Å². The highest BCUT2D eigenvalue weighted by Crippen LogP contribution is 2.00. The predicted octanol–water partition coefficient (Wildman–Crippen LogP) is -5.56. The van der Waals surface area contributed by atoms with Crippen LogP contribution in [0.3, 0.4) is 0 Å². The molecule has 0 rings (SSSR count). The third-order valence-electron chi connectivity index (χ3n) is 0.741. The van der Waals surface area contributed by atoms with Crippen molar-refractivity contribution in [3.8, 4) is 0 Å². The van der Waals surface area contributed by atoms with Gasteiger partial charge in [-0.2, -0.15) is 0 Å². The van der Waals surface area contributed by atoms with Crippen LogP contribution in [0.2, 0.25) is 0 Å². The van der Waals surface area contributed by atoms with Crippen molar-refractivity contribution in [1.82, 2.24) is 0 Å². The van der Waals surface area contributed by atoms with E-state index in [0.717, 1.165) is 0 Å². The molecule has 0 aromatic heterocycles. The first-order chi connectivity index (χ1) is 5.18. The summed E-state index contributed by atoms with van der Waals surface area (Å²) >= 11 is 0. The maximum atomic E-state index is 9.11. The first-order valence-corrected chi connectivity index (χ1v) is 7.95. The van der Waals surface area contributed by atoms with Gasteiger partial charge in [0.25, 0.3) is 30.0 Å². The van der Waals surface area contributed by atoms with Gasteiger partial charge in [0.1, 0.15) is 0 Å². The molecule has 0 atom stereocenters. The van der Waals surface area contributed by atoms with Crippen molar-refractivity contribution in [2.24, 2.45) is 0 Å². The van der Waals surface area contributed by atoms with Crippen LogP contribution < -0.4 is 0 Å². The molecule has 0 aliphatic carbocycles. The van der Waals surface area contributed by atoms with Gasteiger partial charge in [-0.15, -0.1) is 0 Å². The Bertz CT molecular complexity index is 77.4. The Balaban J connectivity index is 3.79. The normalized spacial score (nSPS) is 19.6. The Kier molecular flexibility index (Phi) is 6.47. The molecule has 7 nitrogen and oxygen atoms in total. The molecule has 0 aromatic rings. The molecule has 0 unspecified atom stereocenters. The summed E-state index contributed by atoms with van der Waals surface area (Å²) in [5, 5.41) is 0. The second-order valence-electron chi connectivity index (χ2n) is 1.34. The Morgan fingerprint density at radius 2 is 1.09 bits per heavy atom. The Morgan fingerprint density at radius 1 is 0.818 bits per heavy atom. The minimum atomic E-state index is -3.81. The molecule has 4 N–H and O–H groups in total. The number of hydrogen-bond donors (Lipinski definition) is 4. The third kappa shape index (κ3) is 4.93. The van der Waals surface area contributed by atoms with Gasteiger partial charge in [0.05, 0.1) is 0 Å². The average Bonchev–Trinajstić information content (AvgIpc) is 1.88. The van der Waals surface area contributed by atoms with Crippen molar-refractivity contribution < 1.29 is 31.5 Å². The third-order valence-corrected chi connectivity index (χ3v) is 6.67. The van der Waals surface area contributed by atoms with E-state index in [9.17, 15) is 0 Å². The van der Waals surface area contributed by atoms with Crippen LogP contribution in [0.5, 0.6) is 0 Å². The molecule has 11 heavy (non-hydrogen) atoms. The zero-order valence-electron chi connectivity index (χ0n) is 5.63. The molecule has 0 radical (unpaired) electrons. The number of rotatable bonds is 6. The Hall–Kier alpha value is 0.588. The van der Waals surface area contributed by atoms with E-state index in [2.05, 4.69) is 12.3 Å². The minimum absolute atomic E-state index is 1.85.